The van der Waals surface area contributed by atoms with E-state index in [1.54, 1.807) is 10.7 Å². The lowest BCUT2D eigenvalue weighted by Crippen LogP contribution is -2.03. The molecule has 1 aromatic carbocycles. The number of anilines is 1. The number of pyridine rings is 1. The summed E-state index contributed by atoms with van der Waals surface area (Å²) in [5, 5.41) is 9.38. The average Bonchev–Trinajstić information content (AvgIpc) is 3.13. The second-order valence-electron chi connectivity index (χ2n) is 5.39. The summed E-state index contributed by atoms with van der Waals surface area (Å²) in [7, 11) is 0. The van der Waals surface area contributed by atoms with E-state index in [1.807, 2.05) is 36.5 Å². The molecule has 4 rings (SSSR count). The highest BCUT2D eigenvalue weighted by Gasteiger charge is 2.10. The molecule has 7 heteroatoms. The molecule has 0 aliphatic carbocycles. The van der Waals surface area contributed by atoms with Crippen LogP contribution < -0.4 is 5.32 Å². The van der Waals surface area contributed by atoms with Crippen LogP contribution in [-0.2, 0) is 6.54 Å². The molecule has 3 aromatic heterocycles. The fraction of sp³-hybridized carbons (Fsp3) is 0.118. The Hall–Kier alpha value is -2.44. The van der Waals surface area contributed by atoms with E-state index in [2.05, 4.69) is 33.4 Å². The van der Waals surface area contributed by atoms with Crippen molar-refractivity contribution in [1.82, 2.24) is 19.6 Å². The molecule has 3 heterocycles. The van der Waals surface area contributed by atoms with Crippen molar-refractivity contribution in [2.24, 2.45) is 0 Å². The second kappa shape index (κ2) is 6.22. The third-order valence-electron chi connectivity index (χ3n) is 3.71. The van der Waals surface area contributed by atoms with Crippen LogP contribution in [0.4, 0.5) is 5.13 Å². The van der Waals surface area contributed by atoms with Gasteiger partial charge in [0.05, 0.1) is 24.1 Å². The fourth-order valence-electron chi connectivity index (χ4n) is 2.39. The Balaban J connectivity index is 1.53. The van der Waals surface area contributed by atoms with E-state index >= 15 is 0 Å². The predicted octanol–water partition coefficient (Wildman–Crippen LogP) is 4.43. The van der Waals surface area contributed by atoms with Gasteiger partial charge in [0.25, 0.3) is 0 Å². The maximum Gasteiger partial charge on any atom is 0.214 e. The summed E-state index contributed by atoms with van der Waals surface area (Å²) in [5.74, 6) is 0. The van der Waals surface area contributed by atoms with Crippen LogP contribution in [0.2, 0.25) is 5.02 Å². The molecule has 0 fully saturated rings. The molecule has 120 valence electrons. The summed E-state index contributed by atoms with van der Waals surface area (Å²) in [4.78, 5) is 9.85. The van der Waals surface area contributed by atoms with Crippen LogP contribution in [0.15, 0.2) is 48.8 Å². The van der Waals surface area contributed by atoms with E-state index in [-0.39, 0.29) is 0 Å². The summed E-state index contributed by atoms with van der Waals surface area (Å²) < 4.78 is 1.79. The Morgan fingerprint density at radius 2 is 2.04 bits per heavy atom. The van der Waals surface area contributed by atoms with E-state index in [4.69, 9.17) is 11.6 Å². The molecule has 24 heavy (non-hydrogen) atoms. The first kappa shape index (κ1) is 15.1. The van der Waals surface area contributed by atoms with Crippen molar-refractivity contribution >= 4 is 33.0 Å². The summed E-state index contributed by atoms with van der Waals surface area (Å²) >= 11 is 7.44. The van der Waals surface area contributed by atoms with E-state index in [9.17, 15) is 0 Å². The smallest absolute Gasteiger partial charge is 0.214 e. The summed E-state index contributed by atoms with van der Waals surface area (Å²) in [6.45, 7) is 2.70. The van der Waals surface area contributed by atoms with Gasteiger partial charge in [0.15, 0.2) is 0 Å². The van der Waals surface area contributed by atoms with Crippen molar-refractivity contribution in [2.75, 3.05) is 5.32 Å². The highest BCUT2D eigenvalue weighted by atomic mass is 35.5. The van der Waals surface area contributed by atoms with Crippen molar-refractivity contribution in [3.8, 4) is 11.3 Å². The van der Waals surface area contributed by atoms with Gasteiger partial charge in [-0.15, -0.1) is 5.10 Å². The van der Waals surface area contributed by atoms with Crippen LogP contribution >= 0.6 is 22.9 Å². The molecular weight excluding hydrogens is 342 g/mol. The maximum atomic E-state index is 5.92. The number of hydrogen-bond acceptors (Lipinski definition) is 5. The lowest BCUT2D eigenvalue weighted by atomic mass is 10.2. The summed E-state index contributed by atoms with van der Waals surface area (Å²) in [6.07, 6.45) is 3.73. The number of imidazole rings is 1. The maximum absolute atomic E-state index is 5.92. The van der Waals surface area contributed by atoms with E-state index in [0.717, 1.165) is 32.6 Å². The lowest BCUT2D eigenvalue weighted by Gasteiger charge is -2.04. The first-order valence-electron chi connectivity index (χ1n) is 7.45. The number of hydrogen-bond donors (Lipinski definition) is 1. The molecule has 4 aromatic rings. The van der Waals surface area contributed by atoms with E-state index in [0.29, 0.717) is 11.6 Å². The number of halogens is 1. The van der Waals surface area contributed by atoms with Crippen molar-refractivity contribution in [2.45, 2.75) is 13.5 Å². The predicted molar refractivity (Wildman–Crippen MR) is 97.6 cm³/mol. The minimum absolute atomic E-state index is 0.646. The minimum Gasteiger partial charge on any atom is -0.354 e. The standard InChI is InChI=1S/C17H14ClN5S/c1-11-3-2-8-19-14(11)9-20-16-22-23-10-15(21-17(23)24-16)12-4-6-13(18)7-5-12/h2-8,10H,9H2,1H3,(H,20,22). The topological polar surface area (TPSA) is 55.1 Å². The molecular formula is C17H14ClN5S. The van der Waals surface area contributed by atoms with Gasteiger partial charge in [0.2, 0.25) is 10.1 Å². The SMILES string of the molecule is Cc1cccnc1CNc1nn2cc(-c3ccc(Cl)cc3)nc2s1. The largest absolute Gasteiger partial charge is 0.354 e. The number of fused-ring (bicyclic) bond motifs is 1. The molecule has 5 nitrogen and oxygen atoms in total. The van der Waals surface area contributed by atoms with Gasteiger partial charge in [0, 0.05) is 16.8 Å². The number of benzene rings is 1. The van der Waals surface area contributed by atoms with Crippen LogP contribution in [0.25, 0.3) is 16.2 Å². The average molecular weight is 356 g/mol. The Morgan fingerprint density at radius 3 is 2.79 bits per heavy atom. The Bertz CT molecular complexity index is 958. The highest BCUT2D eigenvalue weighted by Crippen LogP contribution is 2.25. The van der Waals surface area contributed by atoms with Gasteiger partial charge in [0.1, 0.15) is 0 Å². The number of aryl methyl sites for hydroxylation is 1. The molecule has 0 unspecified atom stereocenters. The quantitative estimate of drug-likeness (QED) is 0.588. The highest BCUT2D eigenvalue weighted by molar-refractivity contribution is 7.20. The molecule has 0 radical (unpaired) electrons. The summed E-state index contributed by atoms with van der Waals surface area (Å²) in [5.41, 5.74) is 4.09. The van der Waals surface area contributed by atoms with E-state index in [1.165, 1.54) is 11.3 Å². The number of nitrogens with one attached hydrogen (secondary N) is 1. The Kier molecular flexibility index (Phi) is 3.92. The molecule has 0 atom stereocenters. The molecule has 0 saturated carbocycles. The van der Waals surface area contributed by atoms with Crippen molar-refractivity contribution in [3.63, 3.8) is 0 Å². The van der Waals surface area contributed by atoms with Crippen molar-refractivity contribution in [1.29, 1.82) is 0 Å². The third-order valence-corrected chi connectivity index (χ3v) is 4.84. The monoisotopic (exact) mass is 355 g/mol. The molecule has 1 N–H and O–H groups in total. The van der Waals surface area contributed by atoms with Gasteiger partial charge in [-0.25, -0.2) is 9.50 Å². The van der Waals surface area contributed by atoms with Gasteiger partial charge in [-0.3, -0.25) is 4.98 Å². The van der Waals surface area contributed by atoms with Crippen molar-refractivity contribution < 1.29 is 0 Å². The van der Waals surface area contributed by atoms with Gasteiger partial charge in [-0.2, -0.15) is 0 Å². The lowest BCUT2D eigenvalue weighted by molar-refractivity contribution is 0.948. The van der Waals surface area contributed by atoms with Crippen LogP contribution in [0, 0.1) is 6.92 Å². The first-order chi connectivity index (χ1) is 11.7. The molecule has 0 aliphatic heterocycles. The zero-order valence-electron chi connectivity index (χ0n) is 12.9. The van der Waals surface area contributed by atoms with Gasteiger partial charge in [-0.05, 0) is 30.7 Å². The van der Waals surface area contributed by atoms with Gasteiger partial charge >= 0.3 is 0 Å². The number of nitrogens with zero attached hydrogens (tertiary/aromatic N) is 4. The van der Waals surface area contributed by atoms with Crippen LogP contribution in [0.5, 0.6) is 0 Å². The number of rotatable bonds is 4. The first-order valence-corrected chi connectivity index (χ1v) is 8.65. The minimum atomic E-state index is 0.646. The van der Waals surface area contributed by atoms with Gasteiger partial charge < -0.3 is 5.32 Å². The van der Waals surface area contributed by atoms with Crippen LogP contribution in [0.3, 0.4) is 0 Å². The Morgan fingerprint density at radius 1 is 1.21 bits per heavy atom. The van der Waals surface area contributed by atoms with E-state index < -0.39 is 0 Å². The third kappa shape index (κ3) is 2.98. The zero-order valence-corrected chi connectivity index (χ0v) is 14.5. The normalized spacial score (nSPS) is 11.1. The molecule has 0 saturated heterocycles. The molecule has 0 aliphatic rings. The molecule has 0 bridgehead atoms. The second-order valence-corrected chi connectivity index (χ2v) is 6.78. The van der Waals surface area contributed by atoms with Crippen LogP contribution in [-0.4, -0.2) is 19.6 Å². The fourth-order valence-corrected chi connectivity index (χ4v) is 3.30. The molecule has 0 spiro atoms. The zero-order chi connectivity index (χ0) is 16.5. The van der Waals surface area contributed by atoms with Gasteiger partial charge in [-0.1, -0.05) is 41.1 Å². The number of aromatic nitrogens is 4. The van der Waals surface area contributed by atoms with Crippen LogP contribution in [0.1, 0.15) is 11.3 Å². The molecule has 0 amide bonds. The van der Waals surface area contributed by atoms with Crippen molar-refractivity contribution in [3.05, 3.63) is 65.1 Å². The summed E-state index contributed by atoms with van der Waals surface area (Å²) in [6, 6.07) is 11.6. The Labute approximate surface area is 148 Å².